The predicted molar refractivity (Wildman–Crippen MR) is 116 cm³/mol. The average Bonchev–Trinajstić information content (AvgIpc) is 3.13. The van der Waals surface area contributed by atoms with Crippen molar-refractivity contribution < 1.29 is 18.7 Å². The summed E-state index contributed by atoms with van der Waals surface area (Å²) >= 11 is 5.82. The van der Waals surface area contributed by atoms with Gasteiger partial charge in [-0.25, -0.2) is 13.3 Å². The Labute approximate surface area is 186 Å². The van der Waals surface area contributed by atoms with Gasteiger partial charge in [0.15, 0.2) is 5.65 Å². The number of nitrogens with zero attached hydrogens (tertiary/aromatic N) is 3. The first-order valence-electron chi connectivity index (χ1n) is 9.65. The molecule has 4 aromatic rings. The number of anilines is 1. The molecule has 0 unspecified atom stereocenters. The lowest BCUT2D eigenvalue weighted by Crippen LogP contribution is -2.27. The molecule has 7 nitrogen and oxygen atoms in total. The Hall–Kier alpha value is -3.56. The summed E-state index contributed by atoms with van der Waals surface area (Å²) in [6.45, 7) is 0.0106. The number of rotatable bonds is 6. The highest BCUT2D eigenvalue weighted by molar-refractivity contribution is 6.30. The third-order valence-corrected chi connectivity index (χ3v) is 5.19. The molecule has 0 saturated carbocycles. The Bertz CT molecular complexity index is 1290. The monoisotopic (exact) mass is 457 g/mol. The van der Waals surface area contributed by atoms with Crippen molar-refractivity contribution in [3.05, 3.63) is 82.5 Å². The third-order valence-electron chi connectivity index (χ3n) is 4.94. The summed E-state index contributed by atoms with van der Waals surface area (Å²) in [6, 6.07) is 12.0. The van der Waals surface area contributed by atoms with Crippen LogP contribution in [0.1, 0.15) is 28.4 Å². The summed E-state index contributed by atoms with van der Waals surface area (Å²) in [7, 11) is 0. The van der Waals surface area contributed by atoms with Crippen LogP contribution >= 0.6 is 11.6 Å². The Balaban J connectivity index is 1.51. The molecule has 0 fully saturated rings. The van der Waals surface area contributed by atoms with Crippen LogP contribution < -0.4 is 11.1 Å². The lowest BCUT2D eigenvalue weighted by molar-refractivity contribution is 0.0934. The first-order chi connectivity index (χ1) is 15.3. The van der Waals surface area contributed by atoms with Crippen LogP contribution in [0.4, 0.5) is 14.7 Å². The van der Waals surface area contributed by atoms with Crippen LogP contribution in [0, 0.1) is 11.6 Å². The molecular weight excluding hydrogens is 440 g/mol. The van der Waals surface area contributed by atoms with Gasteiger partial charge < -0.3 is 16.2 Å². The highest BCUT2D eigenvalue weighted by Crippen LogP contribution is 2.28. The molecule has 0 saturated heterocycles. The van der Waals surface area contributed by atoms with Crippen molar-refractivity contribution >= 4 is 29.1 Å². The summed E-state index contributed by atoms with van der Waals surface area (Å²) in [6.07, 6.45) is 0.826. The molecule has 0 aliphatic rings. The van der Waals surface area contributed by atoms with Gasteiger partial charge in [0.1, 0.15) is 17.2 Å². The van der Waals surface area contributed by atoms with Crippen molar-refractivity contribution in [1.82, 2.24) is 19.9 Å². The highest BCUT2D eigenvalue weighted by atomic mass is 35.5. The number of aromatic nitrogens is 3. The van der Waals surface area contributed by atoms with Crippen molar-refractivity contribution in [3.63, 3.8) is 0 Å². The van der Waals surface area contributed by atoms with Gasteiger partial charge in [-0.05, 0) is 53.9 Å². The molecule has 2 aromatic heterocycles. The number of benzene rings is 2. The molecule has 1 amide bonds. The van der Waals surface area contributed by atoms with Crippen LogP contribution in [0.2, 0.25) is 5.02 Å². The third kappa shape index (κ3) is 4.39. The fraction of sp³-hybridized carbons (Fsp3) is 0.136. The van der Waals surface area contributed by atoms with E-state index in [0.717, 1.165) is 6.07 Å². The fourth-order valence-corrected chi connectivity index (χ4v) is 3.44. The number of nitrogens with one attached hydrogen (secondary N) is 1. The Morgan fingerprint density at radius 3 is 2.69 bits per heavy atom. The van der Waals surface area contributed by atoms with E-state index in [4.69, 9.17) is 17.3 Å². The number of amides is 1. The minimum atomic E-state index is -1.00. The topological polar surface area (TPSA) is 106 Å². The molecule has 164 valence electrons. The number of aliphatic hydroxyl groups excluding tert-OH is 1. The minimum Gasteiger partial charge on any atom is -0.388 e. The SMILES string of the molecule is Nc1nc2cc(-c3ccc(F)c(C(=O)NCC[C@@H](O)c4ccc(Cl)cc4)c3F)ccn2n1. The van der Waals surface area contributed by atoms with E-state index in [1.54, 1.807) is 30.3 Å². The summed E-state index contributed by atoms with van der Waals surface area (Å²) in [4.78, 5) is 16.5. The minimum absolute atomic E-state index is 0.0106. The van der Waals surface area contributed by atoms with E-state index in [1.807, 2.05) is 0 Å². The van der Waals surface area contributed by atoms with E-state index >= 15 is 4.39 Å². The summed E-state index contributed by atoms with van der Waals surface area (Å²) in [5.74, 6) is -2.85. The quantitative estimate of drug-likeness (QED) is 0.409. The maximum absolute atomic E-state index is 15.1. The predicted octanol–water partition coefficient (Wildman–Crippen LogP) is 3.76. The fourth-order valence-electron chi connectivity index (χ4n) is 3.31. The van der Waals surface area contributed by atoms with E-state index in [0.29, 0.717) is 21.8 Å². The molecule has 2 heterocycles. The number of carbonyl (C=O) groups excluding carboxylic acids is 1. The number of pyridine rings is 1. The van der Waals surface area contributed by atoms with E-state index in [-0.39, 0.29) is 24.5 Å². The van der Waals surface area contributed by atoms with E-state index in [9.17, 15) is 14.3 Å². The lowest BCUT2D eigenvalue weighted by Gasteiger charge is -2.13. The van der Waals surface area contributed by atoms with Gasteiger partial charge in [-0.2, -0.15) is 4.98 Å². The molecule has 4 N–H and O–H groups in total. The number of hydrogen-bond acceptors (Lipinski definition) is 5. The molecule has 4 rings (SSSR count). The first-order valence-corrected chi connectivity index (χ1v) is 10.0. The van der Waals surface area contributed by atoms with Crippen molar-refractivity contribution in [2.75, 3.05) is 12.3 Å². The van der Waals surface area contributed by atoms with Gasteiger partial charge in [0.25, 0.3) is 5.91 Å². The molecule has 32 heavy (non-hydrogen) atoms. The second kappa shape index (κ2) is 8.89. The van der Waals surface area contributed by atoms with E-state index in [2.05, 4.69) is 15.4 Å². The second-order valence-electron chi connectivity index (χ2n) is 7.08. The van der Waals surface area contributed by atoms with Crippen molar-refractivity contribution in [2.45, 2.75) is 12.5 Å². The van der Waals surface area contributed by atoms with Crippen LogP contribution in [-0.4, -0.2) is 32.2 Å². The molecule has 0 aliphatic heterocycles. The highest BCUT2D eigenvalue weighted by Gasteiger charge is 2.22. The van der Waals surface area contributed by atoms with Crippen LogP contribution in [0.5, 0.6) is 0 Å². The number of halogens is 3. The number of nitrogen functional groups attached to an aromatic ring is 1. The van der Waals surface area contributed by atoms with Crippen LogP contribution in [0.15, 0.2) is 54.7 Å². The van der Waals surface area contributed by atoms with Crippen molar-refractivity contribution in [1.29, 1.82) is 0 Å². The van der Waals surface area contributed by atoms with Crippen molar-refractivity contribution in [3.8, 4) is 11.1 Å². The van der Waals surface area contributed by atoms with Gasteiger partial charge >= 0.3 is 0 Å². The van der Waals surface area contributed by atoms with Gasteiger partial charge in [0.05, 0.1) is 6.10 Å². The number of aliphatic hydroxyl groups is 1. The van der Waals surface area contributed by atoms with Gasteiger partial charge in [0, 0.05) is 23.3 Å². The van der Waals surface area contributed by atoms with Crippen LogP contribution in [0.25, 0.3) is 16.8 Å². The lowest BCUT2D eigenvalue weighted by atomic mass is 10.0. The number of carbonyl (C=O) groups is 1. The van der Waals surface area contributed by atoms with Gasteiger partial charge in [-0.3, -0.25) is 4.79 Å². The van der Waals surface area contributed by atoms with Gasteiger partial charge in [-0.15, -0.1) is 5.10 Å². The Morgan fingerprint density at radius 2 is 1.94 bits per heavy atom. The van der Waals surface area contributed by atoms with Gasteiger partial charge in [-0.1, -0.05) is 23.7 Å². The van der Waals surface area contributed by atoms with Crippen molar-refractivity contribution in [2.24, 2.45) is 0 Å². The maximum atomic E-state index is 15.1. The first kappa shape index (κ1) is 21.7. The van der Waals surface area contributed by atoms with Crippen LogP contribution in [-0.2, 0) is 0 Å². The molecule has 2 aromatic carbocycles. The summed E-state index contributed by atoms with van der Waals surface area (Å²) < 4.78 is 30.9. The smallest absolute Gasteiger partial charge is 0.257 e. The standard InChI is InChI=1S/C22H18ClF2N5O2/c23-14-3-1-12(2-4-14)17(31)7-9-27-21(32)19-16(24)6-5-15(20(19)25)13-8-10-30-18(11-13)28-22(26)29-30/h1-6,8,10-11,17,31H,7,9H2,(H2,26,29)(H,27,32)/t17-/m1/s1. The molecular formula is C22H18ClF2N5O2. The average molecular weight is 458 g/mol. The summed E-state index contributed by atoms with van der Waals surface area (Å²) in [5, 5.41) is 17.2. The van der Waals surface area contributed by atoms with E-state index in [1.165, 1.54) is 22.8 Å². The normalized spacial score (nSPS) is 12.1. The Morgan fingerprint density at radius 1 is 1.19 bits per heavy atom. The largest absolute Gasteiger partial charge is 0.388 e. The Kier molecular flexibility index (Phi) is 6.02. The zero-order chi connectivity index (χ0) is 22.8. The number of fused-ring (bicyclic) bond motifs is 1. The molecule has 0 bridgehead atoms. The molecule has 10 heteroatoms. The zero-order valence-electron chi connectivity index (χ0n) is 16.6. The van der Waals surface area contributed by atoms with E-state index < -0.39 is 29.2 Å². The summed E-state index contributed by atoms with van der Waals surface area (Å²) in [5.41, 5.74) is 6.27. The number of hydrogen-bond donors (Lipinski definition) is 3. The maximum Gasteiger partial charge on any atom is 0.257 e. The zero-order valence-corrected chi connectivity index (χ0v) is 17.4. The molecule has 0 radical (unpaired) electrons. The van der Waals surface area contributed by atoms with Gasteiger partial charge in [0.2, 0.25) is 5.95 Å². The van der Waals surface area contributed by atoms with Crippen LogP contribution in [0.3, 0.4) is 0 Å². The molecule has 1 atom stereocenters. The molecule has 0 spiro atoms. The molecule has 0 aliphatic carbocycles. The second-order valence-corrected chi connectivity index (χ2v) is 7.52. The number of nitrogens with two attached hydrogens (primary N) is 1.